The van der Waals surface area contributed by atoms with E-state index in [4.69, 9.17) is 0 Å². The quantitative estimate of drug-likeness (QED) is 0.601. The van der Waals surface area contributed by atoms with Crippen LogP contribution in [0.3, 0.4) is 0 Å². The molecule has 0 aromatic heterocycles. The third-order valence-corrected chi connectivity index (χ3v) is 4.46. The number of nitrogens with zero attached hydrogens (tertiary/aromatic N) is 3. The van der Waals surface area contributed by atoms with E-state index in [1.807, 2.05) is 18.2 Å². The first-order valence-electron chi connectivity index (χ1n) is 8.89. The Bertz CT molecular complexity index is 790. The maximum absolute atomic E-state index is 13.1. The van der Waals surface area contributed by atoms with Gasteiger partial charge in [0.05, 0.1) is 12.8 Å². The smallest absolute Gasteiger partial charge is 0.254 e. The van der Waals surface area contributed by atoms with E-state index in [0.717, 1.165) is 44.9 Å². The van der Waals surface area contributed by atoms with Crippen molar-refractivity contribution in [2.45, 2.75) is 6.54 Å². The number of piperazine rings is 1. The monoisotopic (exact) mass is 370 g/mol. The molecule has 1 fully saturated rings. The van der Waals surface area contributed by atoms with Gasteiger partial charge in [0.1, 0.15) is 11.6 Å². The third-order valence-electron chi connectivity index (χ3n) is 4.46. The average molecular weight is 370 g/mol. The van der Waals surface area contributed by atoms with E-state index in [2.05, 4.69) is 32.5 Å². The van der Waals surface area contributed by atoms with Crippen molar-refractivity contribution in [3.63, 3.8) is 0 Å². The zero-order valence-corrected chi connectivity index (χ0v) is 15.0. The Morgan fingerprint density at radius 2 is 1.81 bits per heavy atom. The van der Waals surface area contributed by atoms with E-state index in [1.165, 1.54) is 17.8 Å². The highest BCUT2D eigenvalue weighted by atomic mass is 19.1. The van der Waals surface area contributed by atoms with Gasteiger partial charge in [0, 0.05) is 38.3 Å². The van der Waals surface area contributed by atoms with E-state index in [1.54, 1.807) is 0 Å². The molecule has 142 valence electrons. The van der Waals surface area contributed by atoms with E-state index >= 15 is 0 Å². The van der Waals surface area contributed by atoms with Crippen molar-refractivity contribution >= 4 is 12.1 Å². The van der Waals surface area contributed by atoms with Crippen molar-refractivity contribution in [3.05, 3.63) is 65.5 Å². The first-order valence-corrected chi connectivity index (χ1v) is 8.89. The molecule has 2 aromatic carbocycles. The molecule has 0 unspecified atom stereocenters. The molecule has 0 saturated carbocycles. The highest BCUT2D eigenvalue weighted by Gasteiger charge is 2.18. The van der Waals surface area contributed by atoms with Crippen LogP contribution in [0.4, 0.5) is 4.39 Å². The second-order valence-electron chi connectivity index (χ2n) is 6.53. The molecule has 27 heavy (non-hydrogen) atoms. The lowest BCUT2D eigenvalue weighted by molar-refractivity contribution is -0.122. The first-order chi connectivity index (χ1) is 13.1. The van der Waals surface area contributed by atoms with Gasteiger partial charge < -0.3 is 5.11 Å². The number of hydrogen-bond donors (Lipinski definition) is 2. The third kappa shape index (κ3) is 5.87. The Labute approximate surface area is 157 Å². The molecule has 1 saturated heterocycles. The van der Waals surface area contributed by atoms with Gasteiger partial charge in [0.25, 0.3) is 5.91 Å². The summed E-state index contributed by atoms with van der Waals surface area (Å²) in [6.07, 6.45) is 1.23. The number of halogens is 1. The van der Waals surface area contributed by atoms with Gasteiger partial charge in [0.15, 0.2) is 0 Å². The number of aromatic hydroxyl groups is 1. The molecule has 0 spiro atoms. The van der Waals surface area contributed by atoms with Crippen LogP contribution in [0.15, 0.2) is 53.6 Å². The van der Waals surface area contributed by atoms with Gasteiger partial charge in [-0.25, -0.2) is 9.82 Å². The lowest BCUT2D eigenvalue weighted by Gasteiger charge is -2.34. The van der Waals surface area contributed by atoms with Gasteiger partial charge in [-0.2, -0.15) is 5.10 Å². The molecule has 1 aliphatic rings. The zero-order chi connectivity index (χ0) is 19.1. The van der Waals surface area contributed by atoms with Crippen LogP contribution < -0.4 is 5.43 Å². The molecule has 0 radical (unpaired) electrons. The number of rotatable bonds is 6. The molecular weight excluding hydrogens is 347 g/mol. The summed E-state index contributed by atoms with van der Waals surface area (Å²) in [6, 6.07) is 13.9. The minimum absolute atomic E-state index is 0.0936. The largest absolute Gasteiger partial charge is 0.507 e. The van der Waals surface area contributed by atoms with Gasteiger partial charge in [-0.05, 0) is 23.8 Å². The topological polar surface area (TPSA) is 68.2 Å². The number of hydrazone groups is 1. The van der Waals surface area contributed by atoms with Crippen molar-refractivity contribution < 1.29 is 14.3 Å². The molecular formula is C20H23FN4O2. The van der Waals surface area contributed by atoms with Gasteiger partial charge in [-0.15, -0.1) is 0 Å². The first kappa shape index (κ1) is 19.0. The Kier molecular flexibility index (Phi) is 6.51. The number of carbonyl (C=O) groups is 1. The van der Waals surface area contributed by atoms with Crippen LogP contribution in [0.1, 0.15) is 11.1 Å². The Hall–Kier alpha value is -2.77. The number of phenols is 1. The van der Waals surface area contributed by atoms with Crippen molar-refractivity contribution in [1.29, 1.82) is 0 Å². The fourth-order valence-corrected chi connectivity index (χ4v) is 2.99. The Morgan fingerprint density at radius 3 is 2.56 bits per heavy atom. The molecule has 7 heteroatoms. The van der Waals surface area contributed by atoms with Crippen molar-refractivity contribution in [2.24, 2.45) is 5.10 Å². The molecule has 2 aromatic rings. The van der Waals surface area contributed by atoms with Gasteiger partial charge in [-0.1, -0.05) is 30.3 Å². The summed E-state index contributed by atoms with van der Waals surface area (Å²) in [4.78, 5) is 16.5. The summed E-state index contributed by atoms with van der Waals surface area (Å²) < 4.78 is 13.1. The highest BCUT2D eigenvalue weighted by molar-refractivity contribution is 5.85. The fourth-order valence-electron chi connectivity index (χ4n) is 2.99. The van der Waals surface area contributed by atoms with Gasteiger partial charge in [-0.3, -0.25) is 14.6 Å². The second kappa shape index (κ2) is 9.25. The average Bonchev–Trinajstić information content (AvgIpc) is 2.67. The maximum atomic E-state index is 13.1. The van der Waals surface area contributed by atoms with Gasteiger partial charge >= 0.3 is 0 Å². The Morgan fingerprint density at radius 1 is 1.11 bits per heavy atom. The van der Waals surface area contributed by atoms with E-state index in [-0.39, 0.29) is 23.8 Å². The van der Waals surface area contributed by atoms with Crippen LogP contribution in [0.2, 0.25) is 0 Å². The SMILES string of the molecule is O=C(CN1CCN(Cc2ccccc2)CC1)N/N=C/c1cc(F)ccc1O. The summed E-state index contributed by atoms with van der Waals surface area (Å²) in [5.41, 5.74) is 3.92. The summed E-state index contributed by atoms with van der Waals surface area (Å²) in [6.45, 7) is 4.61. The molecule has 2 N–H and O–H groups in total. The van der Waals surface area contributed by atoms with E-state index in [9.17, 15) is 14.3 Å². The minimum atomic E-state index is -0.478. The number of carbonyl (C=O) groups excluding carboxylic acids is 1. The fraction of sp³-hybridized carbons (Fsp3) is 0.300. The molecule has 0 aliphatic carbocycles. The van der Waals surface area contributed by atoms with Crippen LogP contribution >= 0.6 is 0 Å². The number of nitrogens with one attached hydrogen (secondary N) is 1. The summed E-state index contributed by atoms with van der Waals surface area (Å²) in [5, 5.41) is 13.4. The summed E-state index contributed by atoms with van der Waals surface area (Å²) >= 11 is 0. The number of phenolic OH excluding ortho intramolecular Hbond substituents is 1. The standard InChI is InChI=1S/C20H23FN4O2/c21-18-6-7-19(26)17(12-18)13-22-23-20(27)15-25-10-8-24(9-11-25)14-16-4-2-1-3-5-16/h1-7,12-13,26H,8-11,14-15H2,(H,23,27)/b22-13+. The molecule has 1 amide bonds. The van der Waals surface area contributed by atoms with Crippen LogP contribution in [0.5, 0.6) is 5.75 Å². The second-order valence-corrected chi connectivity index (χ2v) is 6.53. The zero-order valence-electron chi connectivity index (χ0n) is 15.0. The lowest BCUT2D eigenvalue weighted by atomic mass is 10.2. The van der Waals surface area contributed by atoms with Crippen LogP contribution in [0, 0.1) is 5.82 Å². The number of hydrogen-bond acceptors (Lipinski definition) is 5. The minimum Gasteiger partial charge on any atom is -0.507 e. The number of benzene rings is 2. The predicted octanol–water partition coefficient (Wildman–Crippen LogP) is 1.80. The number of amides is 1. The molecule has 0 atom stereocenters. The molecule has 1 heterocycles. The molecule has 0 bridgehead atoms. The van der Waals surface area contributed by atoms with Crippen molar-refractivity contribution in [1.82, 2.24) is 15.2 Å². The summed E-state index contributed by atoms with van der Waals surface area (Å²) in [7, 11) is 0. The normalized spacial score (nSPS) is 15.9. The van der Waals surface area contributed by atoms with Crippen LogP contribution in [-0.2, 0) is 11.3 Å². The van der Waals surface area contributed by atoms with Crippen molar-refractivity contribution in [2.75, 3.05) is 32.7 Å². The van der Waals surface area contributed by atoms with Crippen LogP contribution in [0.25, 0.3) is 0 Å². The predicted molar refractivity (Wildman–Crippen MR) is 102 cm³/mol. The Balaban J connectivity index is 1.40. The van der Waals surface area contributed by atoms with Crippen LogP contribution in [-0.4, -0.2) is 59.8 Å². The highest BCUT2D eigenvalue weighted by Crippen LogP contribution is 2.15. The molecule has 3 rings (SSSR count). The maximum Gasteiger partial charge on any atom is 0.254 e. The molecule has 6 nitrogen and oxygen atoms in total. The van der Waals surface area contributed by atoms with Crippen molar-refractivity contribution in [3.8, 4) is 5.75 Å². The van der Waals surface area contributed by atoms with Gasteiger partial charge in [0.2, 0.25) is 0 Å². The molecule has 1 aliphatic heterocycles. The summed E-state index contributed by atoms with van der Waals surface area (Å²) in [5.74, 6) is -0.809. The van der Waals surface area contributed by atoms with E-state index in [0.29, 0.717) is 0 Å². The van der Waals surface area contributed by atoms with E-state index < -0.39 is 5.82 Å². The lowest BCUT2D eigenvalue weighted by Crippen LogP contribution is -2.48.